The van der Waals surface area contributed by atoms with Crippen LogP contribution < -0.4 is 0 Å². The molecule has 0 radical (unpaired) electrons. The molecule has 0 saturated heterocycles. The van der Waals surface area contributed by atoms with Crippen molar-refractivity contribution in [2.75, 3.05) is 0 Å². The summed E-state index contributed by atoms with van der Waals surface area (Å²) in [4.78, 5) is 10.7. The fraction of sp³-hybridized carbons (Fsp3) is 0.0714. The monoisotopic (exact) mass is 284 g/mol. The highest BCUT2D eigenvalue weighted by molar-refractivity contribution is 6.33. The van der Waals surface area contributed by atoms with Crippen LogP contribution in [0.25, 0.3) is 11.1 Å². The minimum absolute atomic E-state index is 0.00197. The normalized spacial score (nSPS) is 11.4. The van der Waals surface area contributed by atoms with Crippen molar-refractivity contribution < 1.29 is 18.0 Å². The van der Waals surface area contributed by atoms with Crippen molar-refractivity contribution in [1.82, 2.24) is 0 Å². The van der Waals surface area contributed by atoms with Crippen LogP contribution in [0.5, 0.6) is 0 Å². The standard InChI is InChI=1S/C14H8ClF3O/c15-13-7-11(14(16,17)18)4-5-12(13)10-3-1-2-9(6-10)8-19/h1-8H. The van der Waals surface area contributed by atoms with Gasteiger partial charge in [-0.2, -0.15) is 13.2 Å². The summed E-state index contributed by atoms with van der Waals surface area (Å²) in [6, 6.07) is 9.65. The first-order valence-corrected chi connectivity index (χ1v) is 5.72. The van der Waals surface area contributed by atoms with Crippen LogP contribution in [0.4, 0.5) is 13.2 Å². The van der Waals surface area contributed by atoms with Gasteiger partial charge in [0.1, 0.15) is 6.29 Å². The van der Waals surface area contributed by atoms with Crippen molar-refractivity contribution in [3.8, 4) is 11.1 Å². The van der Waals surface area contributed by atoms with Gasteiger partial charge in [0.15, 0.2) is 0 Å². The molecular weight excluding hydrogens is 277 g/mol. The quantitative estimate of drug-likeness (QED) is 0.721. The maximum absolute atomic E-state index is 12.5. The van der Waals surface area contributed by atoms with Crippen LogP contribution in [0.1, 0.15) is 15.9 Å². The number of carbonyl (C=O) groups is 1. The predicted molar refractivity (Wildman–Crippen MR) is 67.3 cm³/mol. The Morgan fingerprint density at radius 1 is 1.05 bits per heavy atom. The average molecular weight is 285 g/mol. The van der Waals surface area contributed by atoms with E-state index in [2.05, 4.69) is 0 Å². The van der Waals surface area contributed by atoms with Gasteiger partial charge in [0, 0.05) is 16.1 Å². The summed E-state index contributed by atoms with van der Waals surface area (Å²) in [5.41, 5.74) is 0.697. The lowest BCUT2D eigenvalue weighted by molar-refractivity contribution is -0.137. The number of alkyl halides is 3. The predicted octanol–water partition coefficient (Wildman–Crippen LogP) is 4.84. The second-order valence-electron chi connectivity index (χ2n) is 3.94. The second-order valence-corrected chi connectivity index (χ2v) is 4.34. The highest BCUT2D eigenvalue weighted by Crippen LogP contribution is 2.35. The molecule has 0 unspecified atom stereocenters. The number of halogens is 4. The molecule has 0 aromatic heterocycles. The van der Waals surface area contributed by atoms with Crippen LogP contribution in [-0.2, 0) is 6.18 Å². The molecule has 0 bridgehead atoms. The van der Waals surface area contributed by atoms with E-state index in [1.54, 1.807) is 24.3 Å². The third-order valence-electron chi connectivity index (χ3n) is 2.63. The van der Waals surface area contributed by atoms with Gasteiger partial charge in [-0.15, -0.1) is 0 Å². The van der Waals surface area contributed by atoms with Crippen molar-refractivity contribution in [3.63, 3.8) is 0 Å². The Labute approximate surface area is 112 Å². The molecule has 5 heteroatoms. The van der Waals surface area contributed by atoms with E-state index in [0.717, 1.165) is 12.1 Å². The molecule has 2 aromatic rings. The van der Waals surface area contributed by atoms with Crippen molar-refractivity contribution in [2.24, 2.45) is 0 Å². The second kappa shape index (κ2) is 5.05. The van der Waals surface area contributed by atoms with Crippen molar-refractivity contribution in [1.29, 1.82) is 0 Å². The molecule has 0 saturated carbocycles. The molecule has 0 spiro atoms. The summed E-state index contributed by atoms with van der Waals surface area (Å²) in [6.07, 6.45) is -3.76. The van der Waals surface area contributed by atoms with Gasteiger partial charge >= 0.3 is 6.18 Å². The molecule has 0 aliphatic rings. The molecule has 0 amide bonds. The molecule has 2 aromatic carbocycles. The topological polar surface area (TPSA) is 17.1 Å². The highest BCUT2D eigenvalue weighted by atomic mass is 35.5. The van der Waals surface area contributed by atoms with E-state index >= 15 is 0 Å². The van der Waals surface area contributed by atoms with Gasteiger partial charge in [-0.25, -0.2) is 0 Å². The minimum Gasteiger partial charge on any atom is -0.298 e. The summed E-state index contributed by atoms with van der Waals surface area (Å²) in [5.74, 6) is 0. The summed E-state index contributed by atoms with van der Waals surface area (Å²) in [5, 5.41) is -0.00197. The largest absolute Gasteiger partial charge is 0.416 e. The lowest BCUT2D eigenvalue weighted by atomic mass is 10.0. The summed E-state index contributed by atoms with van der Waals surface area (Å²) >= 11 is 5.88. The van der Waals surface area contributed by atoms with E-state index in [-0.39, 0.29) is 5.02 Å². The van der Waals surface area contributed by atoms with Gasteiger partial charge in [0.05, 0.1) is 5.56 Å². The Bertz CT molecular complexity index is 620. The van der Waals surface area contributed by atoms with Crippen molar-refractivity contribution >= 4 is 17.9 Å². The third kappa shape index (κ3) is 2.96. The van der Waals surface area contributed by atoms with Crippen molar-refractivity contribution in [3.05, 3.63) is 58.6 Å². The first kappa shape index (κ1) is 13.6. The Morgan fingerprint density at radius 2 is 1.79 bits per heavy atom. The number of benzene rings is 2. The first-order valence-electron chi connectivity index (χ1n) is 5.34. The van der Waals surface area contributed by atoms with Gasteiger partial charge in [0.25, 0.3) is 0 Å². The zero-order valence-corrected chi connectivity index (χ0v) is 10.3. The van der Waals surface area contributed by atoms with Gasteiger partial charge in [-0.1, -0.05) is 35.9 Å². The Kier molecular flexibility index (Phi) is 3.62. The molecule has 98 valence electrons. The maximum Gasteiger partial charge on any atom is 0.416 e. The van der Waals surface area contributed by atoms with Crippen LogP contribution in [0, 0.1) is 0 Å². The lowest BCUT2D eigenvalue weighted by Gasteiger charge is -2.10. The molecule has 2 rings (SSSR count). The van der Waals surface area contributed by atoms with Gasteiger partial charge in [-0.05, 0) is 23.8 Å². The number of carbonyl (C=O) groups excluding carboxylic acids is 1. The Morgan fingerprint density at radius 3 is 2.37 bits per heavy atom. The summed E-state index contributed by atoms with van der Waals surface area (Å²) in [7, 11) is 0. The van der Waals surface area contributed by atoms with Gasteiger partial charge < -0.3 is 0 Å². The average Bonchev–Trinajstić information content (AvgIpc) is 2.37. The van der Waals surface area contributed by atoms with Crippen LogP contribution in [0.3, 0.4) is 0 Å². The minimum atomic E-state index is -4.42. The van der Waals surface area contributed by atoms with E-state index in [4.69, 9.17) is 11.6 Å². The number of hydrogen-bond acceptors (Lipinski definition) is 1. The fourth-order valence-electron chi connectivity index (χ4n) is 1.71. The Hall–Kier alpha value is -1.81. The van der Waals surface area contributed by atoms with E-state index in [1.165, 1.54) is 6.07 Å². The van der Waals surface area contributed by atoms with E-state index in [1.807, 2.05) is 0 Å². The molecule has 0 fully saturated rings. The van der Waals surface area contributed by atoms with E-state index in [9.17, 15) is 18.0 Å². The molecule has 0 N–H and O–H groups in total. The molecule has 1 nitrogen and oxygen atoms in total. The van der Waals surface area contributed by atoms with Crippen LogP contribution in [-0.4, -0.2) is 6.29 Å². The molecule has 0 heterocycles. The lowest BCUT2D eigenvalue weighted by Crippen LogP contribution is -2.04. The summed E-state index contributed by atoms with van der Waals surface area (Å²) in [6.45, 7) is 0. The number of rotatable bonds is 2. The van der Waals surface area contributed by atoms with Gasteiger partial charge in [0.2, 0.25) is 0 Å². The zero-order chi connectivity index (χ0) is 14.0. The first-order chi connectivity index (χ1) is 8.91. The maximum atomic E-state index is 12.5. The SMILES string of the molecule is O=Cc1cccc(-c2ccc(C(F)(F)F)cc2Cl)c1. The zero-order valence-electron chi connectivity index (χ0n) is 9.54. The van der Waals surface area contributed by atoms with E-state index < -0.39 is 11.7 Å². The molecule has 0 aliphatic heterocycles. The molecule has 19 heavy (non-hydrogen) atoms. The van der Waals surface area contributed by atoms with Crippen LogP contribution in [0.15, 0.2) is 42.5 Å². The highest BCUT2D eigenvalue weighted by Gasteiger charge is 2.30. The fourth-order valence-corrected chi connectivity index (χ4v) is 1.99. The van der Waals surface area contributed by atoms with Crippen molar-refractivity contribution in [2.45, 2.75) is 6.18 Å². The summed E-state index contributed by atoms with van der Waals surface area (Å²) < 4.78 is 37.5. The Balaban J connectivity index is 2.49. The number of aldehydes is 1. The number of hydrogen-bond donors (Lipinski definition) is 0. The smallest absolute Gasteiger partial charge is 0.298 e. The third-order valence-corrected chi connectivity index (χ3v) is 2.94. The molecular formula is C14H8ClF3O. The van der Waals surface area contributed by atoms with Crippen LogP contribution >= 0.6 is 11.6 Å². The van der Waals surface area contributed by atoms with Gasteiger partial charge in [-0.3, -0.25) is 4.79 Å². The van der Waals surface area contributed by atoms with E-state index in [0.29, 0.717) is 23.0 Å². The molecule has 0 atom stereocenters. The molecule has 0 aliphatic carbocycles. The van der Waals surface area contributed by atoms with Crippen LogP contribution in [0.2, 0.25) is 5.02 Å².